The maximum absolute atomic E-state index is 13.3. The fourth-order valence-electron chi connectivity index (χ4n) is 3.86. The number of aryl methyl sites for hydroxylation is 3. The fourth-order valence-corrected chi connectivity index (χ4v) is 3.86. The van der Waals surface area contributed by atoms with E-state index in [0.29, 0.717) is 37.5 Å². The molecule has 0 atom stereocenters. The number of hydrogen-bond donors (Lipinski definition) is 0. The minimum absolute atomic E-state index is 0.00491. The van der Waals surface area contributed by atoms with Gasteiger partial charge in [0.05, 0.1) is 11.1 Å². The van der Waals surface area contributed by atoms with E-state index in [2.05, 4.69) is 24.9 Å². The average molecular weight is 367 g/mol. The van der Waals surface area contributed by atoms with Crippen molar-refractivity contribution in [3.63, 3.8) is 0 Å². The van der Waals surface area contributed by atoms with Crippen molar-refractivity contribution in [3.8, 4) is 0 Å². The molecule has 0 unspecified atom stereocenters. The molecular formula is C22H29N3O2. The summed E-state index contributed by atoms with van der Waals surface area (Å²) in [6.45, 7) is 12.6. The van der Waals surface area contributed by atoms with Crippen molar-refractivity contribution in [2.45, 2.75) is 41.0 Å². The number of fused-ring (bicyclic) bond motifs is 1. The molecule has 0 spiro atoms. The SMILES string of the molecule is Cc1cc(C)c2nc(C)cc(C(=O)N3CCC(=O)N(CC(C)C)CC3)c2c1. The molecule has 1 aromatic carbocycles. The van der Waals surface area contributed by atoms with Crippen LogP contribution >= 0.6 is 0 Å². The summed E-state index contributed by atoms with van der Waals surface area (Å²) < 4.78 is 0. The van der Waals surface area contributed by atoms with Gasteiger partial charge in [0, 0.05) is 43.7 Å². The van der Waals surface area contributed by atoms with E-state index in [1.807, 2.05) is 42.7 Å². The van der Waals surface area contributed by atoms with Crippen molar-refractivity contribution in [1.82, 2.24) is 14.8 Å². The topological polar surface area (TPSA) is 53.5 Å². The second-order valence-corrected chi connectivity index (χ2v) is 8.06. The lowest BCUT2D eigenvalue weighted by atomic mass is 10.0. The highest BCUT2D eigenvalue weighted by molar-refractivity contribution is 6.07. The standard InChI is InChI=1S/C22H29N3O2/c1-14(2)13-25-9-8-24(7-6-20(25)26)22(27)19-12-17(5)23-21-16(4)10-15(3)11-18(19)21/h10-12,14H,6-9,13H2,1-5H3. The molecular weight excluding hydrogens is 338 g/mol. The molecule has 2 amide bonds. The number of rotatable bonds is 3. The zero-order chi connectivity index (χ0) is 19.7. The molecule has 5 nitrogen and oxygen atoms in total. The van der Waals surface area contributed by atoms with Gasteiger partial charge in [-0.1, -0.05) is 25.5 Å². The zero-order valence-electron chi connectivity index (χ0n) is 17.0. The third-order valence-corrected chi connectivity index (χ3v) is 5.07. The van der Waals surface area contributed by atoms with Crippen molar-refractivity contribution in [2.75, 3.05) is 26.2 Å². The van der Waals surface area contributed by atoms with Crippen LogP contribution in [-0.2, 0) is 4.79 Å². The first-order valence-electron chi connectivity index (χ1n) is 9.72. The lowest BCUT2D eigenvalue weighted by molar-refractivity contribution is -0.130. The summed E-state index contributed by atoms with van der Waals surface area (Å²) in [7, 11) is 0. The lowest BCUT2D eigenvalue weighted by Gasteiger charge is -2.24. The van der Waals surface area contributed by atoms with Gasteiger partial charge in [-0.2, -0.15) is 0 Å². The van der Waals surface area contributed by atoms with Gasteiger partial charge in [0.2, 0.25) is 5.91 Å². The molecule has 2 aromatic rings. The summed E-state index contributed by atoms with van der Waals surface area (Å²) in [6.07, 6.45) is 0.387. The molecule has 0 bridgehead atoms. The summed E-state index contributed by atoms with van der Waals surface area (Å²) in [5.74, 6) is 0.560. The van der Waals surface area contributed by atoms with E-state index in [9.17, 15) is 9.59 Å². The first kappa shape index (κ1) is 19.3. The first-order chi connectivity index (χ1) is 12.8. The van der Waals surface area contributed by atoms with Crippen molar-refractivity contribution in [1.29, 1.82) is 0 Å². The second-order valence-electron chi connectivity index (χ2n) is 8.06. The van der Waals surface area contributed by atoms with E-state index in [0.717, 1.165) is 34.3 Å². The molecule has 144 valence electrons. The van der Waals surface area contributed by atoms with Gasteiger partial charge < -0.3 is 9.80 Å². The van der Waals surface area contributed by atoms with Crippen LogP contribution in [0.2, 0.25) is 0 Å². The van der Waals surface area contributed by atoms with E-state index < -0.39 is 0 Å². The number of carbonyl (C=O) groups excluding carboxylic acids is 2. The molecule has 1 aliphatic rings. The van der Waals surface area contributed by atoms with E-state index >= 15 is 0 Å². The molecule has 0 radical (unpaired) electrons. The van der Waals surface area contributed by atoms with Gasteiger partial charge in [-0.05, 0) is 44.4 Å². The molecule has 3 rings (SSSR count). The quantitative estimate of drug-likeness (QED) is 0.834. The van der Waals surface area contributed by atoms with Crippen LogP contribution in [0.25, 0.3) is 10.9 Å². The Bertz CT molecular complexity index is 889. The fraction of sp³-hybridized carbons (Fsp3) is 0.500. The highest BCUT2D eigenvalue weighted by atomic mass is 16.2. The number of benzene rings is 1. The Morgan fingerprint density at radius 2 is 1.85 bits per heavy atom. The van der Waals surface area contributed by atoms with Crippen LogP contribution in [0.5, 0.6) is 0 Å². The van der Waals surface area contributed by atoms with Crippen molar-refractivity contribution in [3.05, 3.63) is 40.6 Å². The van der Waals surface area contributed by atoms with Crippen molar-refractivity contribution in [2.24, 2.45) is 5.92 Å². The molecule has 1 saturated heterocycles. The van der Waals surface area contributed by atoms with Crippen LogP contribution in [-0.4, -0.2) is 52.8 Å². The van der Waals surface area contributed by atoms with Gasteiger partial charge in [0.15, 0.2) is 0 Å². The maximum Gasteiger partial charge on any atom is 0.254 e. The molecule has 0 N–H and O–H groups in total. The average Bonchev–Trinajstić information content (AvgIpc) is 2.76. The number of aromatic nitrogens is 1. The number of carbonyl (C=O) groups is 2. The summed E-state index contributed by atoms with van der Waals surface area (Å²) in [4.78, 5) is 34.1. The predicted octanol–water partition coefficient (Wildman–Crippen LogP) is 3.49. The van der Waals surface area contributed by atoms with Gasteiger partial charge in [-0.15, -0.1) is 0 Å². The second kappa shape index (κ2) is 7.67. The number of hydrogen-bond acceptors (Lipinski definition) is 3. The molecule has 0 saturated carbocycles. The molecule has 2 heterocycles. The molecule has 5 heteroatoms. The van der Waals surface area contributed by atoms with Crippen molar-refractivity contribution < 1.29 is 9.59 Å². The van der Waals surface area contributed by atoms with Gasteiger partial charge in [0.1, 0.15) is 0 Å². The first-order valence-corrected chi connectivity index (χ1v) is 9.72. The van der Waals surface area contributed by atoms with E-state index in [4.69, 9.17) is 0 Å². The van der Waals surface area contributed by atoms with E-state index in [-0.39, 0.29) is 11.8 Å². The third kappa shape index (κ3) is 4.12. The Labute approximate surface area is 161 Å². The molecule has 0 aliphatic carbocycles. The minimum Gasteiger partial charge on any atom is -0.341 e. The maximum atomic E-state index is 13.3. The Balaban J connectivity index is 1.93. The van der Waals surface area contributed by atoms with Gasteiger partial charge in [-0.25, -0.2) is 0 Å². The number of amides is 2. The monoisotopic (exact) mass is 367 g/mol. The summed E-state index contributed by atoms with van der Waals surface area (Å²) >= 11 is 0. The largest absolute Gasteiger partial charge is 0.341 e. The smallest absolute Gasteiger partial charge is 0.254 e. The highest BCUT2D eigenvalue weighted by Gasteiger charge is 2.26. The minimum atomic E-state index is -0.00491. The van der Waals surface area contributed by atoms with Crippen LogP contribution in [0.15, 0.2) is 18.2 Å². The van der Waals surface area contributed by atoms with Gasteiger partial charge >= 0.3 is 0 Å². The van der Waals surface area contributed by atoms with Crippen molar-refractivity contribution >= 4 is 22.7 Å². The lowest BCUT2D eigenvalue weighted by Crippen LogP contribution is -2.37. The third-order valence-electron chi connectivity index (χ3n) is 5.07. The van der Waals surface area contributed by atoms with Crippen LogP contribution in [0.4, 0.5) is 0 Å². The summed E-state index contributed by atoms with van der Waals surface area (Å²) in [6, 6.07) is 6.01. The van der Waals surface area contributed by atoms with E-state index in [1.54, 1.807) is 0 Å². The van der Waals surface area contributed by atoms with Gasteiger partial charge in [0.25, 0.3) is 5.91 Å². The molecule has 1 fully saturated rings. The predicted molar refractivity (Wildman–Crippen MR) is 108 cm³/mol. The summed E-state index contributed by atoms with van der Waals surface area (Å²) in [5.41, 5.74) is 4.61. The number of nitrogens with zero attached hydrogens (tertiary/aromatic N) is 3. The van der Waals surface area contributed by atoms with Crippen LogP contribution in [0.3, 0.4) is 0 Å². The number of pyridine rings is 1. The normalized spacial score (nSPS) is 15.6. The van der Waals surface area contributed by atoms with Gasteiger partial charge in [-0.3, -0.25) is 14.6 Å². The van der Waals surface area contributed by atoms with Crippen LogP contribution in [0, 0.1) is 26.7 Å². The Morgan fingerprint density at radius 1 is 1.11 bits per heavy atom. The molecule has 1 aliphatic heterocycles. The molecule has 1 aromatic heterocycles. The van der Waals surface area contributed by atoms with E-state index in [1.165, 1.54) is 0 Å². The summed E-state index contributed by atoms with van der Waals surface area (Å²) in [5, 5.41) is 0.901. The zero-order valence-corrected chi connectivity index (χ0v) is 17.0. The Morgan fingerprint density at radius 3 is 2.56 bits per heavy atom. The molecule has 27 heavy (non-hydrogen) atoms. The highest BCUT2D eigenvalue weighted by Crippen LogP contribution is 2.25. The Kier molecular flexibility index (Phi) is 5.49. The van der Waals surface area contributed by atoms with Crippen LogP contribution < -0.4 is 0 Å². The Hall–Kier alpha value is -2.43. The van der Waals surface area contributed by atoms with Crippen LogP contribution in [0.1, 0.15) is 47.4 Å².